The van der Waals surface area contributed by atoms with Crippen LogP contribution < -0.4 is 5.32 Å². The molecule has 0 radical (unpaired) electrons. The van der Waals surface area contributed by atoms with Crippen molar-refractivity contribution in [3.8, 4) is 0 Å². The molecule has 3 nitrogen and oxygen atoms in total. The van der Waals surface area contributed by atoms with Crippen LogP contribution in [0.1, 0.15) is 66.2 Å². The van der Waals surface area contributed by atoms with Crippen LogP contribution in [0.3, 0.4) is 0 Å². The summed E-state index contributed by atoms with van der Waals surface area (Å²) in [6.45, 7) is 13.1. The second kappa shape index (κ2) is 7.94. The summed E-state index contributed by atoms with van der Waals surface area (Å²) in [7, 11) is 0. The Balaban J connectivity index is 1.89. The first-order valence-electron chi connectivity index (χ1n) is 9.11. The molecule has 1 saturated carbocycles. The first-order valence-corrected chi connectivity index (χ1v) is 9.11. The number of piperazine rings is 1. The second-order valence-corrected chi connectivity index (χ2v) is 7.93. The van der Waals surface area contributed by atoms with E-state index in [9.17, 15) is 0 Å². The lowest BCUT2D eigenvalue weighted by atomic mass is 9.82. The van der Waals surface area contributed by atoms with Crippen LogP contribution in [0.4, 0.5) is 0 Å². The van der Waals surface area contributed by atoms with E-state index in [1.165, 1.54) is 51.6 Å². The van der Waals surface area contributed by atoms with E-state index >= 15 is 0 Å². The number of rotatable bonds is 5. The number of nitrogens with one attached hydrogen (secondary N) is 1. The maximum atomic E-state index is 5.97. The maximum absolute atomic E-state index is 5.97. The zero-order valence-corrected chi connectivity index (χ0v) is 14.7. The second-order valence-electron chi connectivity index (χ2n) is 7.93. The highest BCUT2D eigenvalue weighted by Gasteiger charge is 2.33. The van der Waals surface area contributed by atoms with Crippen LogP contribution in [0.25, 0.3) is 0 Å². The quantitative estimate of drug-likeness (QED) is 0.841. The van der Waals surface area contributed by atoms with Crippen molar-refractivity contribution in [3.63, 3.8) is 0 Å². The van der Waals surface area contributed by atoms with Crippen molar-refractivity contribution in [1.29, 1.82) is 0 Å². The first-order chi connectivity index (χ1) is 9.99. The smallest absolute Gasteiger partial charge is 0.0600 e. The molecule has 0 bridgehead atoms. The fourth-order valence-electron chi connectivity index (χ4n) is 3.88. The summed E-state index contributed by atoms with van der Waals surface area (Å²) >= 11 is 0. The van der Waals surface area contributed by atoms with Crippen LogP contribution >= 0.6 is 0 Å². The highest BCUT2D eigenvalue weighted by molar-refractivity contribution is 4.90. The van der Waals surface area contributed by atoms with E-state index in [0.717, 1.165) is 25.1 Å². The van der Waals surface area contributed by atoms with Crippen molar-refractivity contribution in [2.75, 3.05) is 26.2 Å². The predicted octanol–water partition coefficient (Wildman–Crippen LogP) is 3.43. The molecule has 0 spiro atoms. The molecule has 124 valence electrons. The van der Waals surface area contributed by atoms with Crippen molar-refractivity contribution >= 4 is 0 Å². The van der Waals surface area contributed by atoms with Gasteiger partial charge in [-0.25, -0.2) is 0 Å². The van der Waals surface area contributed by atoms with Gasteiger partial charge < -0.3 is 10.1 Å². The van der Waals surface area contributed by atoms with Gasteiger partial charge >= 0.3 is 0 Å². The minimum atomic E-state index is -0.0153. The Morgan fingerprint density at radius 2 is 1.86 bits per heavy atom. The molecule has 2 rings (SSSR count). The van der Waals surface area contributed by atoms with Crippen molar-refractivity contribution in [3.05, 3.63) is 0 Å². The Labute approximate surface area is 131 Å². The molecule has 21 heavy (non-hydrogen) atoms. The molecule has 2 atom stereocenters. The van der Waals surface area contributed by atoms with E-state index in [0.29, 0.717) is 6.04 Å². The summed E-state index contributed by atoms with van der Waals surface area (Å²) in [5.74, 6) is 0.902. The van der Waals surface area contributed by atoms with Crippen molar-refractivity contribution in [2.24, 2.45) is 5.92 Å². The highest BCUT2D eigenvalue weighted by atomic mass is 16.5. The normalized spacial score (nSPS) is 29.7. The fraction of sp³-hybridized carbons (Fsp3) is 1.00. The van der Waals surface area contributed by atoms with Gasteiger partial charge in [0.2, 0.25) is 0 Å². The Morgan fingerprint density at radius 3 is 2.48 bits per heavy atom. The maximum Gasteiger partial charge on any atom is 0.0600 e. The summed E-state index contributed by atoms with van der Waals surface area (Å²) < 4.78 is 5.97. The van der Waals surface area contributed by atoms with E-state index in [1.807, 2.05) is 0 Å². The Bertz CT molecular complexity index is 294. The third-order valence-corrected chi connectivity index (χ3v) is 5.14. The van der Waals surface area contributed by atoms with Crippen LogP contribution in [0.5, 0.6) is 0 Å². The van der Waals surface area contributed by atoms with Gasteiger partial charge in [0, 0.05) is 31.7 Å². The molecule has 2 aliphatic rings. The monoisotopic (exact) mass is 296 g/mol. The fourth-order valence-corrected chi connectivity index (χ4v) is 3.88. The first kappa shape index (κ1) is 17.2. The number of ether oxygens (including phenoxy) is 1. The zero-order valence-electron chi connectivity index (χ0n) is 14.7. The summed E-state index contributed by atoms with van der Waals surface area (Å²) in [4.78, 5) is 2.73. The van der Waals surface area contributed by atoms with Gasteiger partial charge in [0.05, 0.1) is 12.2 Å². The van der Waals surface area contributed by atoms with Crippen molar-refractivity contribution in [2.45, 2.75) is 83.9 Å². The third-order valence-electron chi connectivity index (χ3n) is 5.14. The van der Waals surface area contributed by atoms with E-state index in [4.69, 9.17) is 4.74 Å². The van der Waals surface area contributed by atoms with Gasteiger partial charge in [-0.05, 0) is 46.0 Å². The van der Waals surface area contributed by atoms with Gasteiger partial charge in [-0.2, -0.15) is 0 Å². The van der Waals surface area contributed by atoms with Crippen LogP contribution in [-0.2, 0) is 4.74 Å². The van der Waals surface area contributed by atoms with Gasteiger partial charge in [0.25, 0.3) is 0 Å². The van der Waals surface area contributed by atoms with Crippen LogP contribution in [0, 0.1) is 5.92 Å². The SMILES string of the molecule is CCC1CN(CCOC(C)(C)C)C(C2CCCCC2)CN1. The van der Waals surface area contributed by atoms with E-state index in [1.54, 1.807) is 0 Å². The molecule has 1 heterocycles. The molecule has 1 aliphatic carbocycles. The summed E-state index contributed by atoms with van der Waals surface area (Å²) in [5, 5.41) is 3.77. The molecule has 0 aromatic rings. The van der Waals surface area contributed by atoms with Crippen LogP contribution in [-0.4, -0.2) is 48.8 Å². The Kier molecular flexibility index (Phi) is 6.51. The average molecular weight is 296 g/mol. The highest BCUT2D eigenvalue weighted by Crippen LogP contribution is 2.30. The predicted molar refractivity (Wildman–Crippen MR) is 89.7 cm³/mol. The number of hydrogen-bond acceptors (Lipinski definition) is 3. The van der Waals surface area contributed by atoms with Gasteiger partial charge in [-0.1, -0.05) is 26.2 Å². The van der Waals surface area contributed by atoms with Crippen LogP contribution in [0.15, 0.2) is 0 Å². The molecule has 3 heteroatoms. The third kappa shape index (κ3) is 5.54. The van der Waals surface area contributed by atoms with Crippen molar-refractivity contribution < 1.29 is 4.74 Å². The minimum absolute atomic E-state index is 0.0153. The van der Waals surface area contributed by atoms with Gasteiger partial charge in [-0.15, -0.1) is 0 Å². The molecule has 2 unspecified atom stereocenters. The summed E-state index contributed by atoms with van der Waals surface area (Å²) in [6, 6.07) is 1.40. The molecule has 0 aromatic heterocycles. The van der Waals surface area contributed by atoms with Crippen molar-refractivity contribution in [1.82, 2.24) is 10.2 Å². The van der Waals surface area contributed by atoms with Gasteiger partial charge in [0.1, 0.15) is 0 Å². The molecule has 1 aliphatic heterocycles. The molecule has 0 amide bonds. The lowest BCUT2D eigenvalue weighted by molar-refractivity contribution is -0.0290. The largest absolute Gasteiger partial charge is 0.375 e. The summed E-state index contributed by atoms with van der Waals surface area (Å²) in [5.41, 5.74) is -0.0153. The molecule has 2 fully saturated rings. The molecule has 1 saturated heterocycles. The molecular weight excluding hydrogens is 260 g/mol. The summed E-state index contributed by atoms with van der Waals surface area (Å²) in [6.07, 6.45) is 8.41. The standard InChI is InChI=1S/C18H36N2O/c1-5-16-14-20(11-12-21-18(2,3)4)17(13-19-16)15-9-7-6-8-10-15/h15-17,19H,5-14H2,1-4H3. The molecular formula is C18H36N2O. The molecule has 0 aromatic carbocycles. The minimum Gasteiger partial charge on any atom is -0.375 e. The number of nitrogens with zero attached hydrogens (tertiary/aromatic N) is 1. The van der Waals surface area contributed by atoms with E-state index < -0.39 is 0 Å². The molecule has 1 N–H and O–H groups in total. The van der Waals surface area contributed by atoms with E-state index in [2.05, 4.69) is 37.9 Å². The topological polar surface area (TPSA) is 24.5 Å². The lowest BCUT2D eigenvalue weighted by Gasteiger charge is -2.45. The number of hydrogen-bond donors (Lipinski definition) is 1. The Morgan fingerprint density at radius 1 is 1.14 bits per heavy atom. The van der Waals surface area contributed by atoms with E-state index in [-0.39, 0.29) is 5.60 Å². The average Bonchev–Trinajstić information content (AvgIpc) is 2.46. The Hall–Kier alpha value is -0.120. The lowest BCUT2D eigenvalue weighted by Crippen LogP contribution is -2.59. The van der Waals surface area contributed by atoms with Gasteiger partial charge in [-0.3, -0.25) is 4.90 Å². The van der Waals surface area contributed by atoms with Crippen LogP contribution in [0.2, 0.25) is 0 Å². The van der Waals surface area contributed by atoms with Gasteiger partial charge in [0.15, 0.2) is 0 Å². The zero-order chi connectivity index (χ0) is 15.3.